The number of nitrogens with zero attached hydrogens (tertiary/aromatic N) is 1. The molecule has 0 aromatic heterocycles. The molecule has 0 saturated carbocycles. The van der Waals surface area contributed by atoms with Gasteiger partial charge in [0, 0.05) is 12.6 Å². The molecule has 3 heteroatoms. The van der Waals surface area contributed by atoms with Crippen molar-refractivity contribution in [3.8, 4) is 11.1 Å². The van der Waals surface area contributed by atoms with Crippen molar-refractivity contribution in [2.24, 2.45) is 0 Å². The Morgan fingerprint density at radius 1 is 1.11 bits per heavy atom. The molecule has 1 atom stereocenters. The molecule has 1 amide bonds. The van der Waals surface area contributed by atoms with Gasteiger partial charge in [-0.15, -0.1) is 0 Å². The van der Waals surface area contributed by atoms with Crippen molar-refractivity contribution < 1.29 is 9.18 Å². The average Bonchev–Trinajstić information content (AvgIpc) is 2.51. The Kier molecular flexibility index (Phi) is 2.63. The van der Waals surface area contributed by atoms with E-state index in [0.29, 0.717) is 0 Å². The van der Waals surface area contributed by atoms with Gasteiger partial charge in [0.1, 0.15) is 5.82 Å². The van der Waals surface area contributed by atoms with Gasteiger partial charge >= 0.3 is 0 Å². The second kappa shape index (κ2) is 4.19. The van der Waals surface area contributed by atoms with E-state index < -0.39 is 0 Å². The van der Waals surface area contributed by atoms with Crippen LogP contribution in [-0.2, 0) is 4.79 Å². The zero-order valence-electron chi connectivity index (χ0n) is 10.9. The van der Waals surface area contributed by atoms with Crippen LogP contribution in [0, 0.1) is 5.82 Å². The summed E-state index contributed by atoms with van der Waals surface area (Å²) in [6.07, 6.45) is 0. The minimum Gasteiger partial charge on any atom is -0.314 e. The van der Waals surface area contributed by atoms with Crippen molar-refractivity contribution in [3.63, 3.8) is 0 Å². The molecule has 0 radical (unpaired) electrons. The van der Waals surface area contributed by atoms with Crippen molar-refractivity contribution in [1.82, 2.24) is 0 Å². The van der Waals surface area contributed by atoms with Gasteiger partial charge in [0.05, 0.1) is 11.6 Å². The second-order valence-electron chi connectivity index (χ2n) is 4.87. The lowest BCUT2D eigenvalue weighted by Gasteiger charge is -2.19. The van der Waals surface area contributed by atoms with Crippen LogP contribution in [0.15, 0.2) is 42.5 Å². The summed E-state index contributed by atoms with van der Waals surface area (Å²) in [4.78, 5) is 14.0. The smallest absolute Gasteiger partial charge is 0.234 e. The van der Waals surface area contributed by atoms with E-state index >= 15 is 0 Å². The molecule has 0 saturated heterocycles. The maximum absolute atomic E-state index is 13.5. The number of hydrogen-bond donors (Lipinski definition) is 0. The van der Waals surface area contributed by atoms with E-state index in [0.717, 1.165) is 22.4 Å². The van der Waals surface area contributed by atoms with Gasteiger partial charge in [-0.1, -0.05) is 24.3 Å². The summed E-state index contributed by atoms with van der Waals surface area (Å²) in [7, 11) is 1.74. The third kappa shape index (κ3) is 1.73. The molecule has 1 unspecified atom stereocenters. The number of halogens is 1. The van der Waals surface area contributed by atoms with Crippen molar-refractivity contribution >= 4 is 11.6 Å². The van der Waals surface area contributed by atoms with E-state index in [2.05, 4.69) is 0 Å². The average molecular weight is 255 g/mol. The van der Waals surface area contributed by atoms with Crippen LogP contribution in [0.25, 0.3) is 11.1 Å². The summed E-state index contributed by atoms with van der Waals surface area (Å²) in [5.41, 5.74) is 3.41. The van der Waals surface area contributed by atoms with Crippen LogP contribution in [0.1, 0.15) is 18.4 Å². The molecule has 0 N–H and O–H groups in total. The van der Waals surface area contributed by atoms with E-state index in [-0.39, 0.29) is 17.6 Å². The molecule has 3 rings (SSSR count). The lowest BCUT2D eigenvalue weighted by atomic mass is 9.92. The van der Waals surface area contributed by atoms with Crippen molar-refractivity contribution in [3.05, 3.63) is 53.8 Å². The Morgan fingerprint density at radius 3 is 2.63 bits per heavy atom. The Balaban J connectivity index is 2.37. The highest BCUT2D eigenvalue weighted by atomic mass is 19.1. The predicted molar refractivity (Wildman–Crippen MR) is 73.7 cm³/mol. The Labute approximate surface area is 111 Å². The molecular formula is C16H14FNO. The summed E-state index contributed by atoms with van der Waals surface area (Å²) in [5.74, 6) is -0.488. The molecule has 96 valence electrons. The van der Waals surface area contributed by atoms with E-state index in [9.17, 15) is 9.18 Å². The highest BCUT2D eigenvalue weighted by molar-refractivity contribution is 6.04. The molecule has 1 heterocycles. The van der Waals surface area contributed by atoms with Gasteiger partial charge in [-0.3, -0.25) is 4.79 Å². The Bertz CT molecular complexity index is 666. The maximum Gasteiger partial charge on any atom is 0.234 e. The zero-order valence-corrected chi connectivity index (χ0v) is 10.9. The fraction of sp³-hybridized carbons (Fsp3) is 0.188. The van der Waals surface area contributed by atoms with E-state index in [1.807, 2.05) is 31.2 Å². The number of carbonyl (C=O) groups excluding carboxylic acids is 1. The van der Waals surface area contributed by atoms with Crippen LogP contribution < -0.4 is 4.90 Å². The first kappa shape index (κ1) is 11.9. The maximum atomic E-state index is 13.5. The van der Waals surface area contributed by atoms with E-state index in [4.69, 9.17) is 0 Å². The monoisotopic (exact) mass is 255 g/mol. The predicted octanol–water partition coefficient (Wildman–Crippen LogP) is 3.57. The summed E-state index contributed by atoms with van der Waals surface area (Å²) >= 11 is 0. The van der Waals surface area contributed by atoms with Gasteiger partial charge in [-0.2, -0.15) is 0 Å². The number of fused-ring (bicyclic) bond motifs is 3. The first-order chi connectivity index (χ1) is 9.09. The second-order valence-corrected chi connectivity index (χ2v) is 4.87. The van der Waals surface area contributed by atoms with Crippen LogP contribution in [0.5, 0.6) is 0 Å². The molecule has 2 aromatic rings. The van der Waals surface area contributed by atoms with Gasteiger partial charge in [0.25, 0.3) is 0 Å². The fourth-order valence-corrected chi connectivity index (χ4v) is 2.68. The minimum atomic E-state index is -0.288. The number of amides is 1. The molecular weight excluding hydrogens is 241 g/mol. The summed E-state index contributed by atoms with van der Waals surface area (Å²) < 4.78 is 13.5. The van der Waals surface area contributed by atoms with E-state index in [1.54, 1.807) is 18.0 Å². The lowest BCUT2D eigenvalue weighted by molar-refractivity contribution is -0.119. The number of carbonyl (C=O) groups is 1. The Morgan fingerprint density at radius 2 is 1.84 bits per heavy atom. The molecule has 19 heavy (non-hydrogen) atoms. The SMILES string of the molecule is CC1C(=O)N(C)c2ccc(F)cc2-c2ccccc21. The molecule has 2 aromatic carbocycles. The van der Waals surface area contributed by atoms with E-state index in [1.165, 1.54) is 12.1 Å². The van der Waals surface area contributed by atoms with Crippen LogP contribution in [0.4, 0.5) is 10.1 Å². The van der Waals surface area contributed by atoms with Gasteiger partial charge in [-0.25, -0.2) is 4.39 Å². The zero-order chi connectivity index (χ0) is 13.6. The summed E-state index contributed by atoms with van der Waals surface area (Å²) in [6, 6.07) is 12.2. The largest absolute Gasteiger partial charge is 0.314 e. The number of benzene rings is 2. The topological polar surface area (TPSA) is 20.3 Å². The van der Waals surface area contributed by atoms with Crippen molar-refractivity contribution in [1.29, 1.82) is 0 Å². The molecule has 2 nitrogen and oxygen atoms in total. The minimum absolute atomic E-state index is 0.0257. The molecule has 0 spiro atoms. The number of rotatable bonds is 0. The lowest BCUT2D eigenvalue weighted by Crippen LogP contribution is -2.29. The fourth-order valence-electron chi connectivity index (χ4n) is 2.68. The van der Waals surface area contributed by atoms with Crippen LogP contribution in [0.2, 0.25) is 0 Å². The van der Waals surface area contributed by atoms with Crippen molar-refractivity contribution in [2.75, 3.05) is 11.9 Å². The first-order valence-electron chi connectivity index (χ1n) is 6.26. The highest BCUT2D eigenvalue weighted by Gasteiger charge is 2.29. The molecule has 1 aliphatic heterocycles. The third-order valence-corrected chi connectivity index (χ3v) is 3.74. The summed E-state index contributed by atoms with van der Waals surface area (Å²) in [6.45, 7) is 1.89. The van der Waals surface area contributed by atoms with Gasteiger partial charge in [0.15, 0.2) is 0 Å². The Hall–Kier alpha value is -2.16. The number of hydrogen-bond acceptors (Lipinski definition) is 1. The quantitative estimate of drug-likeness (QED) is 0.704. The van der Waals surface area contributed by atoms with Crippen LogP contribution >= 0.6 is 0 Å². The third-order valence-electron chi connectivity index (χ3n) is 3.74. The normalized spacial score (nSPS) is 17.7. The molecule has 0 aliphatic carbocycles. The standard InChI is InChI=1S/C16H14FNO/c1-10-12-5-3-4-6-13(12)14-9-11(17)7-8-15(14)18(2)16(10)19/h3-10H,1-2H3. The molecule has 1 aliphatic rings. The molecule has 0 fully saturated rings. The number of anilines is 1. The van der Waals surface area contributed by atoms with Gasteiger partial charge in [-0.05, 0) is 36.2 Å². The van der Waals surface area contributed by atoms with Gasteiger partial charge in [0.2, 0.25) is 5.91 Å². The number of likely N-dealkylation sites (N-methyl/N-ethyl adjacent to an activating group) is 1. The highest BCUT2D eigenvalue weighted by Crippen LogP contribution is 2.40. The van der Waals surface area contributed by atoms with Crippen LogP contribution in [-0.4, -0.2) is 13.0 Å². The van der Waals surface area contributed by atoms with Gasteiger partial charge < -0.3 is 4.90 Å². The molecule has 0 bridgehead atoms. The van der Waals surface area contributed by atoms with Crippen LogP contribution in [0.3, 0.4) is 0 Å². The first-order valence-corrected chi connectivity index (χ1v) is 6.26. The summed E-state index contributed by atoms with van der Waals surface area (Å²) in [5, 5.41) is 0. The van der Waals surface area contributed by atoms with Crippen molar-refractivity contribution in [2.45, 2.75) is 12.8 Å².